The van der Waals surface area contributed by atoms with Gasteiger partial charge in [-0.2, -0.15) is 0 Å². The maximum absolute atomic E-state index is 13.0. The summed E-state index contributed by atoms with van der Waals surface area (Å²) >= 11 is 1.56. The van der Waals surface area contributed by atoms with Crippen molar-refractivity contribution in [1.82, 2.24) is 10.3 Å². The van der Waals surface area contributed by atoms with Crippen molar-refractivity contribution in [3.63, 3.8) is 0 Å². The Morgan fingerprint density at radius 2 is 2.25 bits per heavy atom. The van der Waals surface area contributed by atoms with Crippen LogP contribution in [0.2, 0.25) is 0 Å². The van der Waals surface area contributed by atoms with Crippen LogP contribution in [0.5, 0.6) is 0 Å². The van der Waals surface area contributed by atoms with Crippen molar-refractivity contribution < 1.29 is 4.39 Å². The lowest BCUT2D eigenvalue weighted by Gasteiger charge is -2.16. The number of aryl methyl sites for hydroxylation is 1. The van der Waals surface area contributed by atoms with Gasteiger partial charge in [-0.15, -0.1) is 11.3 Å². The number of halogens is 1. The topological polar surface area (TPSA) is 24.9 Å². The Hall–Kier alpha value is -1.26. The quantitative estimate of drug-likeness (QED) is 0.886. The minimum atomic E-state index is -0.200. The van der Waals surface area contributed by atoms with Crippen LogP contribution in [0, 0.1) is 12.7 Å². The maximum Gasteiger partial charge on any atom is 0.123 e. The van der Waals surface area contributed by atoms with Crippen LogP contribution in [-0.4, -0.2) is 12.0 Å². The van der Waals surface area contributed by atoms with E-state index in [4.69, 9.17) is 0 Å². The first-order valence-corrected chi connectivity index (χ1v) is 5.98. The van der Waals surface area contributed by atoms with E-state index in [2.05, 4.69) is 10.3 Å². The van der Waals surface area contributed by atoms with Gasteiger partial charge in [-0.05, 0) is 37.2 Å². The Labute approximate surface area is 98.2 Å². The van der Waals surface area contributed by atoms with Crippen LogP contribution < -0.4 is 5.32 Å². The van der Waals surface area contributed by atoms with Crippen LogP contribution in [0.4, 0.5) is 4.39 Å². The Kier molecular flexibility index (Phi) is 3.31. The number of nitrogens with one attached hydrogen (secondary N) is 1. The van der Waals surface area contributed by atoms with Crippen molar-refractivity contribution >= 4 is 11.3 Å². The minimum Gasteiger partial charge on any atom is -0.308 e. The third kappa shape index (κ3) is 2.13. The van der Waals surface area contributed by atoms with Crippen LogP contribution in [0.15, 0.2) is 29.1 Å². The van der Waals surface area contributed by atoms with E-state index in [0.29, 0.717) is 0 Å². The predicted octanol–water partition coefficient (Wildman–Crippen LogP) is 2.90. The molecule has 0 amide bonds. The average molecular weight is 236 g/mol. The van der Waals surface area contributed by atoms with Gasteiger partial charge in [0.15, 0.2) is 0 Å². The molecule has 0 fully saturated rings. The molecule has 2 aromatic rings. The summed E-state index contributed by atoms with van der Waals surface area (Å²) in [5.41, 5.74) is 4.78. The lowest BCUT2D eigenvalue weighted by atomic mass is 9.99. The highest BCUT2D eigenvalue weighted by Gasteiger charge is 2.15. The van der Waals surface area contributed by atoms with Crippen molar-refractivity contribution in [2.75, 3.05) is 7.05 Å². The number of hydrogen-bond acceptors (Lipinski definition) is 3. The van der Waals surface area contributed by atoms with Crippen molar-refractivity contribution in [2.45, 2.75) is 13.0 Å². The summed E-state index contributed by atoms with van der Waals surface area (Å²) in [7, 11) is 1.88. The first kappa shape index (κ1) is 11.2. The van der Waals surface area contributed by atoms with E-state index in [-0.39, 0.29) is 11.9 Å². The second kappa shape index (κ2) is 4.72. The van der Waals surface area contributed by atoms with E-state index in [0.717, 1.165) is 16.8 Å². The van der Waals surface area contributed by atoms with Crippen molar-refractivity contribution in [2.24, 2.45) is 0 Å². The Balaban J connectivity index is 2.41. The van der Waals surface area contributed by atoms with Crippen LogP contribution >= 0.6 is 11.3 Å². The molecule has 0 saturated heterocycles. The molecule has 2 nitrogen and oxygen atoms in total. The number of benzene rings is 1. The van der Waals surface area contributed by atoms with Crippen LogP contribution in [0.25, 0.3) is 0 Å². The van der Waals surface area contributed by atoms with Gasteiger partial charge in [0.2, 0.25) is 0 Å². The minimum absolute atomic E-state index is 0.0341. The summed E-state index contributed by atoms with van der Waals surface area (Å²) in [5.74, 6) is -0.200. The molecular formula is C12H13FN2S. The molecule has 1 unspecified atom stereocenters. The fourth-order valence-corrected chi connectivity index (χ4v) is 2.37. The number of rotatable bonds is 3. The number of aromatic nitrogens is 1. The van der Waals surface area contributed by atoms with Crippen molar-refractivity contribution in [3.8, 4) is 0 Å². The highest BCUT2D eigenvalue weighted by Crippen LogP contribution is 2.24. The van der Waals surface area contributed by atoms with E-state index >= 15 is 0 Å². The number of thiazole rings is 1. The standard InChI is InChI=1S/C12H13FN2S/c1-8-5-9(13)3-4-10(8)12(14-2)11-6-16-7-15-11/h3-7,12,14H,1-2H3. The molecule has 0 aliphatic carbocycles. The lowest BCUT2D eigenvalue weighted by Crippen LogP contribution is -2.19. The summed E-state index contributed by atoms with van der Waals surface area (Å²) < 4.78 is 13.0. The molecule has 1 N–H and O–H groups in total. The third-order valence-corrected chi connectivity index (χ3v) is 3.18. The molecule has 4 heteroatoms. The molecule has 1 heterocycles. The first-order valence-electron chi connectivity index (χ1n) is 5.03. The summed E-state index contributed by atoms with van der Waals surface area (Å²) in [6, 6.07) is 4.88. The van der Waals surface area contributed by atoms with Gasteiger partial charge < -0.3 is 5.32 Å². The van der Waals surface area contributed by atoms with E-state index in [1.165, 1.54) is 6.07 Å². The highest BCUT2D eigenvalue weighted by molar-refractivity contribution is 7.07. The maximum atomic E-state index is 13.0. The van der Waals surface area contributed by atoms with Crippen LogP contribution in [0.3, 0.4) is 0 Å². The van der Waals surface area contributed by atoms with Crippen molar-refractivity contribution in [1.29, 1.82) is 0 Å². The summed E-state index contributed by atoms with van der Waals surface area (Å²) in [6.45, 7) is 1.91. The average Bonchev–Trinajstić information content (AvgIpc) is 2.75. The zero-order valence-electron chi connectivity index (χ0n) is 9.20. The van der Waals surface area contributed by atoms with Crippen LogP contribution in [-0.2, 0) is 0 Å². The van der Waals surface area contributed by atoms with E-state index in [9.17, 15) is 4.39 Å². The van der Waals surface area contributed by atoms with Gasteiger partial charge in [-0.3, -0.25) is 0 Å². The summed E-state index contributed by atoms with van der Waals surface area (Å²) in [4.78, 5) is 4.29. The predicted molar refractivity (Wildman–Crippen MR) is 64.2 cm³/mol. The normalized spacial score (nSPS) is 12.7. The molecule has 0 radical (unpaired) electrons. The second-order valence-electron chi connectivity index (χ2n) is 3.64. The Morgan fingerprint density at radius 1 is 1.44 bits per heavy atom. The van der Waals surface area contributed by atoms with Gasteiger partial charge in [0.1, 0.15) is 5.82 Å². The summed E-state index contributed by atoms with van der Waals surface area (Å²) in [5, 5.41) is 5.21. The fourth-order valence-electron chi connectivity index (χ4n) is 1.79. The van der Waals surface area contributed by atoms with E-state index < -0.39 is 0 Å². The molecule has 2 rings (SSSR count). The van der Waals surface area contributed by atoms with Crippen molar-refractivity contribution in [3.05, 3.63) is 51.7 Å². The SMILES string of the molecule is CNC(c1cscn1)c1ccc(F)cc1C. The zero-order valence-corrected chi connectivity index (χ0v) is 10.0. The van der Waals surface area contributed by atoms with Crippen LogP contribution in [0.1, 0.15) is 22.9 Å². The second-order valence-corrected chi connectivity index (χ2v) is 4.35. The molecule has 1 aromatic carbocycles. The van der Waals surface area contributed by atoms with Gasteiger partial charge in [0, 0.05) is 5.38 Å². The largest absolute Gasteiger partial charge is 0.308 e. The molecule has 0 bridgehead atoms. The van der Waals surface area contributed by atoms with E-state index in [1.54, 1.807) is 22.9 Å². The fraction of sp³-hybridized carbons (Fsp3) is 0.250. The zero-order chi connectivity index (χ0) is 11.5. The molecule has 1 atom stereocenters. The Bertz CT molecular complexity index is 468. The van der Waals surface area contributed by atoms with Gasteiger partial charge in [-0.25, -0.2) is 9.37 Å². The number of nitrogens with zero attached hydrogens (tertiary/aromatic N) is 1. The van der Waals surface area contributed by atoms with Gasteiger partial charge >= 0.3 is 0 Å². The van der Waals surface area contributed by atoms with Gasteiger partial charge in [0.05, 0.1) is 17.2 Å². The molecule has 16 heavy (non-hydrogen) atoms. The van der Waals surface area contributed by atoms with Gasteiger partial charge in [0.25, 0.3) is 0 Å². The van der Waals surface area contributed by atoms with E-state index in [1.807, 2.05) is 25.4 Å². The monoisotopic (exact) mass is 236 g/mol. The molecule has 0 aliphatic rings. The molecule has 0 spiro atoms. The molecule has 0 aliphatic heterocycles. The van der Waals surface area contributed by atoms with Gasteiger partial charge in [-0.1, -0.05) is 6.07 Å². The lowest BCUT2D eigenvalue weighted by molar-refractivity contribution is 0.619. The molecule has 0 saturated carbocycles. The molecular weight excluding hydrogens is 223 g/mol. The number of hydrogen-bond donors (Lipinski definition) is 1. The Morgan fingerprint density at radius 3 is 2.81 bits per heavy atom. The smallest absolute Gasteiger partial charge is 0.123 e. The molecule has 1 aromatic heterocycles. The first-order chi connectivity index (χ1) is 7.72. The molecule has 84 valence electrons. The third-order valence-electron chi connectivity index (χ3n) is 2.58. The summed E-state index contributed by atoms with van der Waals surface area (Å²) in [6.07, 6.45) is 0. The highest BCUT2D eigenvalue weighted by atomic mass is 32.1.